The van der Waals surface area contributed by atoms with Crippen LogP contribution in [-0.2, 0) is 40.0 Å². The highest BCUT2D eigenvalue weighted by molar-refractivity contribution is 7.15. The molecule has 0 spiro atoms. The number of aliphatic hydroxyl groups is 3. The maximum atomic E-state index is 12.9. The second kappa shape index (κ2) is 31.4. The molecule has 5 heterocycles. The molecule has 7 amide bonds. The summed E-state index contributed by atoms with van der Waals surface area (Å²) in [7, 11) is 0. The minimum Gasteiger partial charge on any atom is -0.511 e. The number of imide groups is 3. The van der Waals surface area contributed by atoms with Gasteiger partial charge in [0.05, 0.1) is 12.3 Å². The van der Waals surface area contributed by atoms with Gasteiger partial charge in [0, 0.05) is 103 Å². The van der Waals surface area contributed by atoms with Crippen LogP contribution in [0.25, 0.3) is 11.3 Å². The van der Waals surface area contributed by atoms with Crippen molar-refractivity contribution in [2.45, 2.75) is 85.5 Å². The van der Waals surface area contributed by atoms with Gasteiger partial charge in [0.2, 0.25) is 5.91 Å². The highest BCUT2D eigenvalue weighted by Gasteiger charge is 2.39. The van der Waals surface area contributed by atoms with Crippen LogP contribution in [0.4, 0.5) is 5.13 Å². The number of aliphatic hydroxyl groups excluding tert-OH is 3. The van der Waals surface area contributed by atoms with Crippen molar-refractivity contribution in [1.29, 1.82) is 0 Å². The van der Waals surface area contributed by atoms with E-state index in [1.165, 1.54) is 11.3 Å². The van der Waals surface area contributed by atoms with E-state index in [0.717, 1.165) is 47.7 Å². The van der Waals surface area contributed by atoms with E-state index in [1.54, 1.807) is 109 Å². The zero-order chi connectivity index (χ0) is 66.2. The van der Waals surface area contributed by atoms with Gasteiger partial charge in [-0.05, 0) is 112 Å². The molecule has 5 aromatic carbocycles. The molecule has 0 unspecified atom stereocenters. The van der Waals surface area contributed by atoms with Gasteiger partial charge in [0.15, 0.2) is 22.5 Å². The number of anilines is 1. The summed E-state index contributed by atoms with van der Waals surface area (Å²) in [6.45, 7) is 7.83. The number of benzene rings is 5. The summed E-state index contributed by atoms with van der Waals surface area (Å²) >= 11 is 7.26. The third kappa shape index (κ3) is 16.9. The van der Waals surface area contributed by atoms with Crippen molar-refractivity contribution in [2.24, 2.45) is 0 Å². The molecule has 2 aromatic heterocycles. The van der Waals surface area contributed by atoms with E-state index >= 15 is 0 Å². The van der Waals surface area contributed by atoms with Gasteiger partial charge >= 0.3 is 0 Å². The zero-order valence-electron chi connectivity index (χ0n) is 50.9. The normalized spacial score (nSPS) is 15.8. The largest absolute Gasteiger partial charge is 0.511 e. The SMILES string of the molecule is Cc1cc(Cl)ccc1OCCC/C(O)=C1\C(=O)CCN(C(=O)c2ccccc2)C1=O.Cc1ccccc1-c1ccc(CC/C(O)=C2\C(=O)CCN(C(=O)c3ccccc3)C2=O)o1.Cc1nc(NC(=O)CC/C(O)=C2\C(=O)CCN(C(=O)c3ccccc3)C2=O)sc1C. The van der Waals surface area contributed by atoms with Crippen LogP contribution >= 0.6 is 22.9 Å². The van der Waals surface area contributed by atoms with E-state index in [2.05, 4.69) is 10.3 Å². The third-order valence-corrected chi connectivity index (χ3v) is 16.3. The number of allylic oxidation sites excluding steroid dienone is 3. The number of aromatic nitrogens is 1. The summed E-state index contributed by atoms with van der Waals surface area (Å²) in [5.74, 6) is -4.81. The molecule has 3 saturated heterocycles. The van der Waals surface area contributed by atoms with Crippen molar-refractivity contribution in [1.82, 2.24) is 19.7 Å². The molecule has 474 valence electrons. The lowest BCUT2D eigenvalue weighted by Crippen LogP contribution is -2.45. The number of Topliss-reactive ketones (excluding diaryl/α,β-unsaturated/α-hetero) is 3. The fourth-order valence-corrected chi connectivity index (χ4v) is 11.0. The Hall–Kier alpha value is -10.4. The Morgan fingerprint density at radius 3 is 1.47 bits per heavy atom. The molecule has 22 heteroatoms. The van der Waals surface area contributed by atoms with E-state index < -0.39 is 70.0 Å². The number of nitrogens with zero attached hydrogens (tertiary/aromatic N) is 4. The summed E-state index contributed by atoms with van der Waals surface area (Å²) in [5.41, 5.74) is 3.74. The highest BCUT2D eigenvalue weighted by Crippen LogP contribution is 2.30. The summed E-state index contributed by atoms with van der Waals surface area (Å²) < 4.78 is 11.6. The van der Waals surface area contributed by atoms with Crippen LogP contribution in [0.1, 0.15) is 110 Å². The number of carbonyl (C=O) groups excluding carboxylic acids is 10. The molecule has 10 rings (SSSR count). The van der Waals surface area contributed by atoms with Crippen LogP contribution in [0.2, 0.25) is 5.02 Å². The summed E-state index contributed by atoms with van der Waals surface area (Å²) in [6.07, 6.45) is 0.419. The van der Waals surface area contributed by atoms with Crippen molar-refractivity contribution >= 4 is 86.8 Å². The average molecular weight is 1280 g/mol. The van der Waals surface area contributed by atoms with Crippen LogP contribution in [0, 0.1) is 27.7 Å². The first-order valence-corrected chi connectivity index (χ1v) is 30.7. The second-order valence-electron chi connectivity index (χ2n) is 21.5. The minimum atomic E-state index is -0.843. The molecule has 0 atom stereocenters. The molecule has 0 radical (unpaired) electrons. The number of furan rings is 1. The van der Waals surface area contributed by atoms with Crippen molar-refractivity contribution in [3.8, 4) is 17.1 Å². The first kappa shape index (κ1) is 67.5. The number of hydrogen-bond acceptors (Lipinski definition) is 17. The van der Waals surface area contributed by atoms with Gasteiger partial charge in [-0.25, -0.2) is 4.98 Å². The van der Waals surface area contributed by atoms with Crippen molar-refractivity contribution in [2.75, 3.05) is 31.6 Å². The predicted molar refractivity (Wildman–Crippen MR) is 343 cm³/mol. The maximum Gasteiger partial charge on any atom is 0.267 e. The fourth-order valence-electron chi connectivity index (χ4n) is 9.99. The Morgan fingerprint density at radius 2 is 1.01 bits per heavy atom. The van der Waals surface area contributed by atoms with Gasteiger partial charge in [-0.3, -0.25) is 62.6 Å². The van der Waals surface area contributed by atoms with Gasteiger partial charge in [-0.1, -0.05) is 90.5 Å². The first-order valence-electron chi connectivity index (χ1n) is 29.5. The van der Waals surface area contributed by atoms with E-state index in [-0.39, 0.29) is 93.9 Å². The summed E-state index contributed by atoms with van der Waals surface area (Å²) in [4.78, 5) is 133. The number of nitrogens with one attached hydrogen (secondary N) is 1. The molecular weight excluding hydrogens is 1220 g/mol. The number of amides is 7. The Bertz CT molecular complexity index is 4060. The predicted octanol–water partition coefficient (Wildman–Crippen LogP) is 11.8. The smallest absolute Gasteiger partial charge is 0.267 e. The van der Waals surface area contributed by atoms with Gasteiger partial charge in [-0.2, -0.15) is 0 Å². The van der Waals surface area contributed by atoms with Crippen molar-refractivity contribution in [3.05, 3.63) is 229 Å². The number of likely N-dealkylation sites (tertiary alicyclic amines) is 3. The lowest BCUT2D eigenvalue weighted by molar-refractivity contribution is -0.133. The van der Waals surface area contributed by atoms with Crippen LogP contribution in [0.3, 0.4) is 0 Å². The zero-order valence-corrected chi connectivity index (χ0v) is 52.4. The molecule has 92 heavy (non-hydrogen) atoms. The van der Waals surface area contributed by atoms with E-state index in [1.807, 2.05) is 64.1 Å². The monoisotopic (exact) mass is 1280 g/mol. The number of carbonyl (C=O) groups is 10. The Balaban J connectivity index is 0.000000178. The van der Waals surface area contributed by atoms with Crippen molar-refractivity contribution < 1.29 is 72.4 Å². The quantitative estimate of drug-likeness (QED) is 0.0230. The molecular formula is C70H66ClN5O15S. The fraction of sp³-hybridized carbons (Fsp3) is 0.243. The van der Waals surface area contributed by atoms with Crippen LogP contribution in [-0.4, -0.2) is 120 Å². The van der Waals surface area contributed by atoms with E-state index in [4.69, 9.17) is 20.8 Å². The molecule has 0 aliphatic carbocycles. The Morgan fingerprint density at radius 1 is 0.554 bits per heavy atom. The molecule has 3 fully saturated rings. The van der Waals surface area contributed by atoms with E-state index in [9.17, 15) is 63.3 Å². The molecule has 3 aliphatic heterocycles. The molecule has 20 nitrogen and oxygen atoms in total. The Kier molecular flexibility index (Phi) is 23.0. The van der Waals surface area contributed by atoms with Crippen LogP contribution in [0.15, 0.2) is 184 Å². The number of piperidine rings is 3. The minimum absolute atomic E-state index is 0.000144. The van der Waals surface area contributed by atoms with E-state index in [0.29, 0.717) is 51.2 Å². The number of ether oxygens (including phenoxy) is 1. The Labute approximate surface area is 539 Å². The van der Waals surface area contributed by atoms with Crippen LogP contribution < -0.4 is 10.1 Å². The lowest BCUT2D eigenvalue weighted by atomic mass is 9.98. The molecule has 4 N–H and O–H groups in total. The topological polar surface area (TPSA) is 288 Å². The van der Waals surface area contributed by atoms with Crippen molar-refractivity contribution in [3.63, 3.8) is 0 Å². The summed E-state index contributed by atoms with van der Waals surface area (Å²) in [5, 5.41) is 35.0. The van der Waals surface area contributed by atoms with Gasteiger partial charge in [-0.15, -0.1) is 11.3 Å². The number of hydrogen-bond donors (Lipinski definition) is 4. The number of halogens is 1. The number of ketones is 3. The third-order valence-electron chi connectivity index (χ3n) is 15.1. The first-order chi connectivity index (χ1) is 44.1. The second-order valence-corrected chi connectivity index (χ2v) is 23.2. The molecule has 0 saturated carbocycles. The average Bonchev–Trinajstić information content (AvgIpc) is 1.09. The standard InChI is InChI=1S/C26H23NO5.C23H22ClNO5.C21H21N3O5S/c1-17-7-5-6-10-20(17)23-14-12-19(32-23)11-13-21(28)24-22(29)15-16-27(26(24)31)25(30)18-8-3-2-4-9-18;1-15-14-17(24)9-10-20(15)30-13-5-8-18(26)21-19(27)11-12-25(23(21)29)22(28)16-6-3-2-4-7-16;1-12-13(2)30-21(22-12)23-17(27)9-8-15(25)18-16(26)10-11-24(20(18)29)19(28)14-6-4-3-5-7-14/h2-10,12,14,28H,11,13,15-16H2,1H3;2-4,6-7,9-10,14,26H,5,8,11-13H2,1H3;3-7,25H,8-11H2,1-2H3,(H,22,23,27)/b24-21-;21-18-;18-15-. The molecule has 7 aromatic rings. The van der Waals surface area contributed by atoms with Crippen LogP contribution in [0.5, 0.6) is 5.75 Å². The van der Waals surface area contributed by atoms with Gasteiger partial charge < -0.3 is 29.8 Å². The maximum absolute atomic E-state index is 12.9. The lowest BCUT2D eigenvalue weighted by Gasteiger charge is -2.26. The highest BCUT2D eigenvalue weighted by atomic mass is 35.5. The molecule has 0 bridgehead atoms. The number of thiazole rings is 1. The van der Waals surface area contributed by atoms with Gasteiger partial charge in [0.1, 0.15) is 51.3 Å². The number of aryl methyl sites for hydroxylation is 5. The molecule has 3 aliphatic rings. The van der Waals surface area contributed by atoms with Gasteiger partial charge in [0.25, 0.3) is 35.4 Å². The number of rotatable bonds is 16. The summed E-state index contributed by atoms with van der Waals surface area (Å²) in [6, 6.07) is 41.8.